The molecule has 1 rings (SSSR count). The summed E-state index contributed by atoms with van der Waals surface area (Å²) in [6.45, 7) is 6.94. The van der Waals surface area contributed by atoms with Crippen LogP contribution in [0.2, 0.25) is 0 Å². The standard InChI is InChI=1S/C14H21NO2/c1-4-14(15-5-2,13(16)17-6-3)12-10-8-7-9-11-12/h7-11,15H,4-6H2,1-3H3. The number of rotatable bonds is 6. The molecule has 3 heteroatoms. The van der Waals surface area contributed by atoms with Crippen molar-refractivity contribution in [3.05, 3.63) is 35.9 Å². The molecular weight excluding hydrogens is 214 g/mol. The van der Waals surface area contributed by atoms with Crippen LogP contribution in [0.3, 0.4) is 0 Å². The van der Waals surface area contributed by atoms with Gasteiger partial charge in [-0.3, -0.25) is 5.32 Å². The third-order valence-corrected chi connectivity index (χ3v) is 2.90. The SMILES string of the molecule is CCNC(CC)(C(=O)OCC)c1ccccc1. The van der Waals surface area contributed by atoms with Crippen molar-refractivity contribution in [3.8, 4) is 0 Å². The fourth-order valence-electron chi connectivity index (χ4n) is 2.04. The van der Waals surface area contributed by atoms with Crippen LogP contribution in [0, 0.1) is 0 Å². The Balaban J connectivity index is 3.12. The zero-order valence-electron chi connectivity index (χ0n) is 10.8. The number of benzene rings is 1. The van der Waals surface area contributed by atoms with Crippen LogP contribution in [0.25, 0.3) is 0 Å². The minimum absolute atomic E-state index is 0.199. The summed E-state index contributed by atoms with van der Waals surface area (Å²) in [5.74, 6) is -0.199. The molecule has 3 nitrogen and oxygen atoms in total. The van der Waals surface area contributed by atoms with Gasteiger partial charge in [-0.1, -0.05) is 44.2 Å². The smallest absolute Gasteiger partial charge is 0.330 e. The number of carbonyl (C=O) groups is 1. The molecule has 0 aromatic heterocycles. The Morgan fingerprint density at radius 2 is 1.88 bits per heavy atom. The van der Waals surface area contributed by atoms with E-state index in [9.17, 15) is 4.79 Å². The van der Waals surface area contributed by atoms with E-state index >= 15 is 0 Å². The van der Waals surface area contributed by atoms with E-state index in [0.29, 0.717) is 13.0 Å². The highest BCUT2D eigenvalue weighted by Gasteiger charge is 2.38. The number of nitrogens with one attached hydrogen (secondary N) is 1. The fraction of sp³-hybridized carbons (Fsp3) is 0.500. The van der Waals surface area contributed by atoms with E-state index in [1.54, 1.807) is 0 Å². The van der Waals surface area contributed by atoms with Crippen molar-refractivity contribution >= 4 is 5.97 Å². The van der Waals surface area contributed by atoms with E-state index in [1.807, 2.05) is 51.1 Å². The molecule has 0 saturated heterocycles. The van der Waals surface area contributed by atoms with Crippen molar-refractivity contribution < 1.29 is 9.53 Å². The first-order chi connectivity index (χ1) is 8.21. The van der Waals surface area contributed by atoms with Gasteiger partial charge in [-0.05, 0) is 25.5 Å². The lowest BCUT2D eigenvalue weighted by molar-refractivity contribution is -0.152. The maximum absolute atomic E-state index is 12.2. The van der Waals surface area contributed by atoms with E-state index in [1.165, 1.54) is 0 Å². The first kappa shape index (κ1) is 13.7. The first-order valence-electron chi connectivity index (χ1n) is 6.19. The average Bonchev–Trinajstić information content (AvgIpc) is 2.37. The summed E-state index contributed by atoms with van der Waals surface area (Å²) in [6.07, 6.45) is 0.670. The molecule has 1 aromatic rings. The zero-order valence-corrected chi connectivity index (χ0v) is 10.8. The molecule has 0 aliphatic heterocycles. The van der Waals surface area contributed by atoms with Crippen molar-refractivity contribution in [1.29, 1.82) is 0 Å². The Bertz CT molecular complexity index is 350. The topological polar surface area (TPSA) is 38.3 Å². The minimum atomic E-state index is -0.716. The number of hydrogen-bond donors (Lipinski definition) is 1. The highest BCUT2D eigenvalue weighted by molar-refractivity contribution is 5.82. The molecule has 0 amide bonds. The monoisotopic (exact) mass is 235 g/mol. The van der Waals surface area contributed by atoms with Crippen LogP contribution < -0.4 is 5.32 Å². The maximum atomic E-state index is 12.2. The summed E-state index contributed by atoms with van der Waals surface area (Å²) in [4.78, 5) is 12.2. The van der Waals surface area contributed by atoms with Gasteiger partial charge in [0.1, 0.15) is 5.54 Å². The van der Waals surface area contributed by atoms with Crippen molar-refractivity contribution in [2.45, 2.75) is 32.7 Å². The van der Waals surface area contributed by atoms with Gasteiger partial charge in [0, 0.05) is 0 Å². The van der Waals surface area contributed by atoms with Crippen LogP contribution in [0.15, 0.2) is 30.3 Å². The second-order valence-electron chi connectivity index (χ2n) is 3.88. The molecule has 0 aliphatic rings. The van der Waals surface area contributed by atoms with Gasteiger partial charge < -0.3 is 4.74 Å². The van der Waals surface area contributed by atoms with Gasteiger partial charge in [0.25, 0.3) is 0 Å². The van der Waals surface area contributed by atoms with Gasteiger partial charge in [0.2, 0.25) is 0 Å². The van der Waals surface area contributed by atoms with E-state index in [2.05, 4.69) is 5.32 Å². The maximum Gasteiger partial charge on any atom is 0.330 e. The molecule has 0 radical (unpaired) electrons. The van der Waals surface area contributed by atoms with Crippen molar-refractivity contribution in [1.82, 2.24) is 5.32 Å². The predicted molar refractivity (Wildman–Crippen MR) is 68.7 cm³/mol. The highest BCUT2D eigenvalue weighted by Crippen LogP contribution is 2.26. The molecule has 0 bridgehead atoms. The van der Waals surface area contributed by atoms with Crippen LogP contribution in [0.5, 0.6) is 0 Å². The highest BCUT2D eigenvalue weighted by atomic mass is 16.5. The second-order valence-corrected chi connectivity index (χ2v) is 3.88. The van der Waals surface area contributed by atoms with E-state index in [0.717, 1.165) is 12.1 Å². The second kappa shape index (κ2) is 6.40. The predicted octanol–water partition coefficient (Wildman–Crippen LogP) is 2.46. The lowest BCUT2D eigenvalue weighted by Crippen LogP contribution is -2.49. The van der Waals surface area contributed by atoms with Crippen LogP contribution in [-0.2, 0) is 15.1 Å². The molecule has 0 aliphatic carbocycles. The summed E-state index contributed by atoms with van der Waals surface area (Å²) in [5, 5.41) is 3.27. The molecule has 1 atom stereocenters. The normalized spacial score (nSPS) is 14.1. The summed E-state index contributed by atoms with van der Waals surface area (Å²) >= 11 is 0. The number of likely N-dealkylation sites (N-methyl/N-ethyl adjacent to an activating group) is 1. The van der Waals surface area contributed by atoms with Gasteiger partial charge in [-0.2, -0.15) is 0 Å². The Labute approximate surface area is 103 Å². The molecule has 0 spiro atoms. The Kier molecular flexibility index (Phi) is 5.16. The number of ether oxygens (including phenoxy) is 1. The Morgan fingerprint density at radius 1 is 1.24 bits per heavy atom. The molecule has 0 saturated carbocycles. The Hall–Kier alpha value is -1.35. The molecule has 0 fully saturated rings. The summed E-state index contributed by atoms with van der Waals surface area (Å²) in [5.41, 5.74) is 0.245. The van der Waals surface area contributed by atoms with Gasteiger partial charge >= 0.3 is 5.97 Å². The van der Waals surface area contributed by atoms with Crippen molar-refractivity contribution in [3.63, 3.8) is 0 Å². The van der Waals surface area contributed by atoms with Gasteiger partial charge in [0.05, 0.1) is 6.61 Å². The molecule has 1 N–H and O–H groups in total. The minimum Gasteiger partial charge on any atom is -0.464 e. The third-order valence-electron chi connectivity index (χ3n) is 2.90. The number of hydrogen-bond acceptors (Lipinski definition) is 3. The van der Waals surface area contributed by atoms with E-state index < -0.39 is 5.54 Å². The van der Waals surface area contributed by atoms with Gasteiger partial charge in [-0.15, -0.1) is 0 Å². The molecular formula is C14H21NO2. The summed E-state index contributed by atoms with van der Waals surface area (Å²) < 4.78 is 5.20. The lowest BCUT2D eigenvalue weighted by Gasteiger charge is -2.31. The van der Waals surface area contributed by atoms with E-state index in [-0.39, 0.29) is 5.97 Å². The molecule has 17 heavy (non-hydrogen) atoms. The molecule has 0 heterocycles. The third kappa shape index (κ3) is 2.86. The number of carbonyl (C=O) groups excluding carboxylic acids is 1. The fourth-order valence-corrected chi connectivity index (χ4v) is 2.04. The largest absolute Gasteiger partial charge is 0.464 e. The van der Waals surface area contributed by atoms with Crippen molar-refractivity contribution in [2.24, 2.45) is 0 Å². The summed E-state index contributed by atoms with van der Waals surface area (Å²) in [6, 6.07) is 9.75. The van der Waals surface area contributed by atoms with Crippen molar-refractivity contribution in [2.75, 3.05) is 13.2 Å². The lowest BCUT2D eigenvalue weighted by atomic mass is 9.87. The van der Waals surface area contributed by atoms with Crippen LogP contribution in [0.4, 0.5) is 0 Å². The Morgan fingerprint density at radius 3 is 2.35 bits per heavy atom. The van der Waals surface area contributed by atoms with Gasteiger partial charge in [-0.25, -0.2) is 4.79 Å². The van der Waals surface area contributed by atoms with Gasteiger partial charge in [0.15, 0.2) is 0 Å². The molecule has 94 valence electrons. The molecule has 1 unspecified atom stereocenters. The van der Waals surface area contributed by atoms with Crippen LogP contribution >= 0.6 is 0 Å². The quantitative estimate of drug-likeness (QED) is 0.770. The number of esters is 1. The zero-order chi connectivity index (χ0) is 12.7. The van der Waals surface area contributed by atoms with Crippen LogP contribution in [0.1, 0.15) is 32.8 Å². The first-order valence-corrected chi connectivity index (χ1v) is 6.19. The van der Waals surface area contributed by atoms with E-state index in [4.69, 9.17) is 4.74 Å². The van der Waals surface area contributed by atoms with Crippen LogP contribution in [-0.4, -0.2) is 19.1 Å². The summed E-state index contributed by atoms with van der Waals surface area (Å²) in [7, 11) is 0. The average molecular weight is 235 g/mol. The molecule has 1 aromatic carbocycles.